The Morgan fingerprint density at radius 3 is 1.27 bits per heavy atom. The minimum Gasteiger partial charge on any atom is -0.492 e. The van der Waals surface area contributed by atoms with Gasteiger partial charge in [-0.3, -0.25) is 0 Å². The maximum absolute atomic E-state index is 12.4. The molecule has 6 aromatic rings. The van der Waals surface area contributed by atoms with Crippen molar-refractivity contribution < 1.29 is 57.1 Å². The van der Waals surface area contributed by atoms with E-state index < -0.39 is 30.7 Å². The second kappa shape index (κ2) is 25.2. The smallest absolute Gasteiger partial charge is 0.422 e. The summed E-state index contributed by atoms with van der Waals surface area (Å²) in [5, 5.41) is 45.4. The molecule has 7 rings (SSSR count). The molecule has 21 nitrogen and oxygen atoms in total. The molecule has 0 atom stereocenters. The highest BCUT2D eigenvalue weighted by Gasteiger charge is 2.29. The molecular formula is C44H44Cl3F3N12O9. The molecule has 1 aliphatic rings. The first-order chi connectivity index (χ1) is 33.8. The first-order valence-corrected chi connectivity index (χ1v) is 22.0. The van der Waals surface area contributed by atoms with Gasteiger partial charge in [0.2, 0.25) is 17.8 Å². The summed E-state index contributed by atoms with van der Waals surface area (Å²) in [6, 6.07) is 12.6. The minimum atomic E-state index is -4.58. The third-order valence-electron chi connectivity index (χ3n) is 9.40. The Hall–Kier alpha value is -7.83. The van der Waals surface area contributed by atoms with E-state index in [-0.39, 0.29) is 45.2 Å². The standard InChI is InChI=1S/C16H17ClN4O3.C14H12ClF3N4O3.C14H15ClN4O3/c1-18-14-11(17)8-19-16(21-14)20-12-6-5-9(15(22)23)7-13(12)24-10-3-2-4-10;1-19-11-8(15)5-20-13(22-11)21-9-3-2-7(12(23)24)4-10(9)25-6-14(16,17)18;1-3-22-11-6-8(13(20)21)4-5-10(11)18-14-17-7-9(15)12(16-2)19-14/h5-8,10H,2-4H2,1H3,(H,22,23)(H2,18,19,20,21);2-5H,6H2,1H3,(H,23,24)(H2,19,20,21,22);4-7H,3H2,1-2H3,(H,20,21)(H2,16,17,18,19). The zero-order valence-electron chi connectivity index (χ0n) is 37.8. The molecule has 27 heteroatoms. The number of aromatic carboxylic acids is 3. The molecule has 376 valence electrons. The molecular weight excluding hydrogens is 1000 g/mol. The first kappa shape index (κ1) is 54.1. The number of ether oxygens (including phenoxy) is 3. The van der Waals surface area contributed by atoms with Crippen LogP contribution in [0.25, 0.3) is 0 Å². The number of nitrogens with one attached hydrogen (secondary N) is 6. The molecule has 1 fully saturated rings. The van der Waals surface area contributed by atoms with Gasteiger partial charge in [0.25, 0.3) is 0 Å². The highest BCUT2D eigenvalue weighted by atomic mass is 35.5. The average Bonchev–Trinajstić information content (AvgIpc) is 3.32. The number of hydrogen-bond donors (Lipinski definition) is 9. The SMILES string of the molecule is CCOc1cc(C(=O)O)ccc1Nc1ncc(Cl)c(NC)n1.CNc1nc(Nc2ccc(C(=O)O)cc2OC2CCC2)ncc1Cl.CNc1nc(Nc2ccc(C(=O)O)cc2OCC(F)(F)F)ncc1Cl. The van der Waals surface area contributed by atoms with Gasteiger partial charge in [-0.2, -0.15) is 28.1 Å². The first-order valence-electron chi connectivity index (χ1n) is 20.8. The Kier molecular flexibility index (Phi) is 19.2. The highest BCUT2D eigenvalue weighted by molar-refractivity contribution is 6.33. The summed E-state index contributed by atoms with van der Waals surface area (Å²) in [6.07, 6.45) is 2.86. The van der Waals surface area contributed by atoms with Gasteiger partial charge in [-0.1, -0.05) is 34.8 Å². The number of halogens is 6. The zero-order valence-corrected chi connectivity index (χ0v) is 40.1. The van der Waals surface area contributed by atoms with E-state index in [2.05, 4.69) is 61.8 Å². The second-order valence-electron chi connectivity index (χ2n) is 14.4. The van der Waals surface area contributed by atoms with E-state index in [4.69, 9.17) is 59.2 Å². The van der Waals surface area contributed by atoms with Crippen molar-refractivity contribution in [3.63, 3.8) is 0 Å². The fourth-order valence-electron chi connectivity index (χ4n) is 5.76. The predicted octanol–water partition coefficient (Wildman–Crippen LogP) is 10.1. The van der Waals surface area contributed by atoms with Gasteiger partial charge in [-0.25, -0.2) is 29.3 Å². The van der Waals surface area contributed by atoms with Gasteiger partial charge >= 0.3 is 24.1 Å². The lowest BCUT2D eigenvalue weighted by atomic mass is 9.96. The molecule has 0 bridgehead atoms. The van der Waals surface area contributed by atoms with Gasteiger partial charge in [0.15, 0.2) is 6.61 Å². The van der Waals surface area contributed by atoms with Crippen LogP contribution in [0.1, 0.15) is 57.3 Å². The Labute approximate surface area is 417 Å². The van der Waals surface area contributed by atoms with Crippen molar-refractivity contribution >= 4 is 105 Å². The molecule has 0 unspecified atom stereocenters. The Morgan fingerprint density at radius 2 is 0.958 bits per heavy atom. The lowest BCUT2D eigenvalue weighted by molar-refractivity contribution is -0.153. The molecule has 3 aromatic carbocycles. The lowest BCUT2D eigenvalue weighted by Crippen LogP contribution is -2.25. The van der Waals surface area contributed by atoms with Gasteiger partial charge in [0.1, 0.15) is 49.8 Å². The van der Waals surface area contributed by atoms with Gasteiger partial charge in [-0.15, -0.1) is 0 Å². The van der Waals surface area contributed by atoms with Crippen molar-refractivity contribution in [3.8, 4) is 17.2 Å². The topological polar surface area (TPSA) is 289 Å². The number of carboxylic acids is 3. The van der Waals surface area contributed by atoms with Crippen LogP contribution in [0.15, 0.2) is 73.2 Å². The number of aromatic nitrogens is 6. The van der Waals surface area contributed by atoms with E-state index in [9.17, 15) is 32.7 Å². The molecule has 0 aliphatic heterocycles. The maximum atomic E-state index is 12.4. The van der Waals surface area contributed by atoms with Crippen LogP contribution in [0.5, 0.6) is 17.2 Å². The fourth-order valence-corrected chi connectivity index (χ4v) is 6.32. The Bertz CT molecular complexity index is 2850. The molecule has 9 N–H and O–H groups in total. The van der Waals surface area contributed by atoms with Crippen molar-refractivity contribution in [1.29, 1.82) is 0 Å². The van der Waals surface area contributed by atoms with E-state index >= 15 is 0 Å². The van der Waals surface area contributed by atoms with Crippen LogP contribution in [0, 0.1) is 0 Å². The van der Waals surface area contributed by atoms with Crippen LogP contribution in [0.4, 0.5) is 65.5 Å². The summed E-state index contributed by atoms with van der Waals surface area (Å²) < 4.78 is 53.2. The number of carbonyl (C=O) groups is 3. The molecule has 1 saturated carbocycles. The van der Waals surface area contributed by atoms with Gasteiger partial charge in [-0.05, 0) is 80.8 Å². The number of rotatable bonds is 18. The Balaban J connectivity index is 0.000000198. The normalized spacial score (nSPS) is 11.7. The van der Waals surface area contributed by atoms with Crippen LogP contribution in [-0.2, 0) is 0 Å². The third-order valence-corrected chi connectivity index (χ3v) is 10.2. The van der Waals surface area contributed by atoms with E-state index in [0.717, 1.165) is 25.3 Å². The summed E-state index contributed by atoms with van der Waals surface area (Å²) in [5.74, 6) is -0.762. The summed E-state index contributed by atoms with van der Waals surface area (Å²) >= 11 is 17.8. The summed E-state index contributed by atoms with van der Waals surface area (Å²) in [4.78, 5) is 57.8. The van der Waals surface area contributed by atoms with Gasteiger partial charge < -0.3 is 61.4 Å². The molecule has 0 radical (unpaired) electrons. The number of benzene rings is 3. The molecule has 0 amide bonds. The summed E-state index contributed by atoms with van der Waals surface area (Å²) in [5.41, 5.74) is 1.33. The van der Waals surface area contributed by atoms with Crippen LogP contribution in [-0.4, -0.2) is 110 Å². The average molecular weight is 1050 g/mol. The largest absolute Gasteiger partial charge is 0.492 e. The number of hydrogen-bond acceptors (Lipinski definition) is 18. The number of anilines is 9. The van der Waals surface area contributed by atoms with Gasteiger partial charge in [0, 0.05) is 21.1 Å². The van der Waals surface area contributed by atoms with Crippen LogP contribution in [0.3, 0.4) is 0 Å². The molecule has 71 heavy (non-hydrogen) atoms. The van der Waals surface area contributed by atoms with Crippen LogP contribution >= 0.6 is 34.8 Å². The highest BCUT2D eigenvalue weighted by Crippen LogP contribution is 2.35. The zero-order chi connectivity index (χ0) is 51.8. The number of alkyl halides is 3. The second-order valence-corrected chi connectivity index (χ2v) is 15.6. The quantitative estimate of drug-likeness (QED) is 0.0387. The van der Waals surface area contributed by atoms with Crippen LogP contribution < -0.4 is 46.1 Å². The number of carboxylic acid groups (broad SMARTS) is 3. The van der Waals surface area contributed by atoms with E-state index in [1.165, 1.54) is 55.0 Å². The maximum Gasteiger partial charge on any atom is 0.422 e. The summed E-state index contributed by atoms with van der Waals surface area (Å²) in [6.45, 7) is 0.643. The van der Waals surface area contributed by atoms with Crippen LogP contribution in [0.2, 0.25) is 15.1 Å². The van der Waals surface area contributed by atoms with Crippen molar-refractivity contribution in [2.75, 3.05) is 66.3 Å². The molecule has 0 saturated heterocycles. The van der Waals surface area contributed by atoms with Crippen molar-refractivity contribution in [2.45, 2.75) is 38.5 Å². The van der Waals surface area contributed by atoms with Gasteiger partial charge in [0.05, 0.1) is 65.1 Å². The lowest BCUT2D eigenvalue weighted by Gasteiger charge is -2.27. The van der Waals surface area contributed by atoms with E-state index in [1.54, 1.807) is 33.3 Å². The monoisotopic (exact) mass is 1050 g/mol. The fraction of sp³-hybridized carbons (Fsp3) is 0.250. The Morgan fingerprint density at radius 1 is 0.606 bits per heavy atom. The van der Waals surface area contributed by atoms with E-state index in [1.807, 2.05) is 6.92 Å². The molecule has 3 aromatic heterocycles. The summed E-state index contributed by atoms with van der Waals surface area (Å²) in [7, 11) is 4.99. The molecule has 0 spiro atoms. The van der Waals surface area contributed by atoms with Crippen molar-refractivity contribution in [1.82, 2.24) is 29.9 Å². The molecule has 3 heterocycles. The van der Waals surface area contributed by atoms with Crippen molar-refractivity contribution in [2.24, 2.45) is 0 Å². The predicted molar refractivity (Wildman–Crippen MR) is 261 cm³/mol. The minimum absolute atomic E-state index is 0.0358. The third kappa shape index (κ3) is 15.8. The van der Waals surface area contributed by atoms with E-state index in [0.29, 0.717) is 68.9 Å². The molecule has 1 aliphatic carbocycles. The number of nitrogens with zero attached hydrogens (tertiary/aromatic N) is 6. The van der Waals surface area contributed by atoms with Crippen molar-refractivity contribution in [3.05, 3.63) is 105 Å².